The SMILES string of the molecule is Cc1cccc2c(/C(N)=N\O)c[nH]c12. The Hall–Kier alpha value is -1.97. The third-order valence-corrected chi connectivity index (χ3v) is 2.31. The molecule has 1 heterocycles. The first-order valence-electron chi connectivity index (χ1n) is 4.28. The molecule has 0 aliphatic heterocycles. The summed E-state index contributed by atoms with van der Waals surface area (Å²) in [5, 5.41) is 12.5. The smallest absolute Gasteiger partial charge is 0.172 e. The average Bonchev–Trinajstić information content (AvgIpc) is 2.62. The molecule has 1 aromatic carbocycles. The standard InChI is InChI=1S/C10H11N3O/c1-6-3-2-4-7-8(10(11)13-14)5-12-9(6)7/h2-5,12,14H,1H3,(H2,11,13). The number of fused-ring (bicyclic) bond motifs is 1. The molecule has 0 spiro atoms. The van der Waals surface area contributed by atoms with Gasteiger partial charge in [-0.1, -0.05) is 23.4 Å². The third-order valence-electron chi connectivity index (χ3n) is 2.31. The van der Waals surface area contributed by atoms with Crippen molar-refractivity contribution in [1.82, 2.24) is 4.98 Å². The molecule has 4 N–H and O–H groups in total. The highest BCUT2D eigenvalue weighted by molar-refractivity contribution is 6.08. The van der Waals surface area contributed by atoms with Crippen LogP contribution >= 0.6 is 0 Å². The van der Waals surface area contributed by atoms with Gasteiger partial charge in [-0.05, 0) is 12.5 Å². The monoisotopic (exact) mass is 189 g/mol. The lowest BCUT2D eigenvalue weighted by Gasteiger charge is -1.97. The fraction of sp³-hybridized carbons (Fsp3) is 0.100. The zero-order chi connectivity index (χ0) is 10.1. The molecule has 0 atom stereocenters. The molecule has 0 bridgehead atoms. The second-order valence-corrected chi connectivity index (χ2v) is 3.19. The Labute approximate surface area is 81.0 Å². The number of nitrogens with one attached hydrogen (secondary N) is 1. The van der Waals surface area contributed by atoms with E-state index < -0.39 is 0 Å². The van der Waals surface area contributed by atoms with Gasteiger partial charge in [-0.15, -0.1) is 0 Å². The molecule has 2 rings (SSSR count). The predicted octanol–water partition coefficient (Wildman–Crippen LogP) is 1.57. The minimum Gasteiger partial charge on any atom is -0.409 e. The van der Waals surface area contributed by atoms with Gasteiger partial charge in [0.25, 0.3) is 0 Å². The molecule has 72 valence electrons. The summed E-state index contributed by atoms with van der Waals surface area (Å²) >= 11 is 0. The number of amidine groups is 1. The van der Waals surface area contributed by atoms with Crippen molar-refractivity contribution in [2.24, 2.45) is 10.9 Å². The van der Waals surface area contributed by atoms with Crippen molar-refractivity contribution in [1.29, 1.82) is 0 Å². The van der Waals surface area contributed by atoms with Gasteiger partial charge < -0.3 is 15.9 Å². The number of hydrogen-bond donors (Lipinski definition) is 3. The molecule has 4 nitrogen and oxygen atoms in total. The molecule has 0 saturated carbocycles. The summed E-state index contributed by atoms with van der Waals surface area (Å²) in [5.41, 5.74) is 8.42. The van der Waals surface area contributed by atoms with Crippen LogP contribution in [0.2, 0.25) is 0 Å². The minimum atomic E-state index is 0.127. The van der Waals surface area contributed by atoms with Crippen molar-refractivity contribution in [3.63, 3.8) is 0 Å². The molecule has 0 amide bonds. The molecule has 0 unspecified atom stereocenters. The molecule has 1 aromatic heterocycles. The van der Waals surface area contributed by atoms with Gasteiger partial charge in [0.15, 0.2) is 5.84 Å². The largest absolute Gasteiger partial charge is 0.409 e. The van der Waals surface area contributed by atoms with Crippen LogP contribution in [-0.2, 0) is 0 Å². The lowest BCUT2D eigenvalue weighted by molar-refractivity contribution is 0.318. The fourth-order valence-electron chi connectivity index (χ4n) is 1.57. The number of hydrogen-bond acceptors (Lipinski definition) is 2. The lowest BCUT2D eigenvalue weighted by Crippen LogP contribution is -2.12. The van der Waals surface area contributed by atoms with Crippen LogP contribution in [0.15, 0.2) is 29.6 Å². The normalized spacial score (nSPS) is 12.2. The van der Waals surface area contributed by atoms with Crippen LogP contribution in [0.3, 0.4) is 0 Å². The van der Waals surface area contributed by atoms with Crippen LogP contribution in [0.1, 0.15) is 11.1 Å². The summed E-state index contributed by atoms with van der Waals surface area (Å²) in [6.07, 6.45) is 1.74. The summed E-state index contributed by atoms with van der Waals surface area (Å²) in [6.45, 7) is 2.01. The Morgan fingerprint density at radius 3 is 3.00 bits per heavy atom. The van der Waals surface area contributed by atoms with Crippen LogP contribution in [0.25, 0.3) is 10.9 Å². The van der Waals surface area contributed by atoms with Crippen molar-refractivity contribution in [3.05, 3.63) is 35.5 Å². The Kier molecular flexibility index (Phi) is 1.89. The molecule has 4 heteroatoms. The number of aromatic amines is 1. The van der Waals surface area contributed by atoms with Gasteiger partial charge in [-0.2, -0.15) is 0 Å². The molecule has 0 fully saturated rings. The predicted molar refractivity (Wildman–Crippen MR) is 55.5 cm³/mol. The zero-order valence-electron chi connectivity index (χ0n) is 7.78. The first-order valence-corrected chi connectivity index (χ1v) is 4.28. The Morgan fingerprint density at radius 1 is 1.50 bits per heavy atom. The van der Waals surface area contributed by atoms with Crippen molar-refractivity contribution < 1.29 is 5.21 Å². The number of nitrogens with two attached hydrogens (primary N) is 1. The van der Waals surface area contributed by atoms with Gasteiger partial charge in [0.2, 0.25) is 0 Å². The summed E-state index contributed by atoms with van der Waals surface area (Å²) in [4.78, 5) is 3.10. The van der Waals surface area contributed by atoms with Crippen LogP contribution < -0.4 is 5.73 Å². The molecule has 2 aromatic rings. The van der Waals surface area contributed by atoms with Gasteiger partial charge >= 0.3 is 0 Å². The highest BCUT2D eigenvalue weighted by Gasteiger charge is 2.07. The first-order chi connectivity index (χ1) is 6.74. The lowest BCUT2D eigenvalue weighted by atomic mass is 10.1. The quantitative estimate of drug-likeness (QED) is 0.276. The fourth-order valence-corrected chi connectivity index (χ4v) is 1.57. The van der Waals surface area contributed by atoms with E-state index in [1.807, 2.05) is 25.1 Å². The maximum Gasteiger partial charge on any atom is 0.172 e. The number of benzene rings is 1. The van der Waals surface area contributed by atoms with E-state index in [4.69, 9.17) is 10.9 Å². The number of aryl methyl sites for hydroxylation is 1. The maximum absolute atomic E-state index is 8.58. The maximum atomic E-state index is 8.58. The van der Waals surface area contributed by atoms with Crippen LogP contribution in [-0.4, -0.2) is 16.0 Å². The average molecular weight is 189 g/mol. The number of para-hydroxylation sites is 1. The number of rotatable bonds is 1. The highest BCUT2D eigenvalue weighted by Crippen LogP contribution is 2.20. The zero-order valence-corrected chi connectivity index (χ0v) is 7.78. The third kappa shape index (κ3) is 1.12. The Morgan fingerprint density at radius 2 is 2.29 bits per heavy atom. The van der Waals surface area contributed by atoms with Crippen molar-refractivity contribution in [2.75, 3.05) is 0 Å². The summed E-state index contributed by atoms with van der Waals surface area (Å²) in [5.74, 6) is 0.127. The second-order valence-electron chi connectivity index (χ2n) is 3.19. The van der Waals surface area contributed by atoms with Gasteiger partial charge in [0.1, 0.15) is 0 Å². The number of H-pyrrole nitrogens is 1. The summed E-state index contributed by atoms with van der Waals surface area (Å²) in [7, 11) is 0. The van der Waals surface area contributed by atoms with Gasteiger partial charge in [-0.3, -0.25) is 0 Å². The Balaban J connectivity index is 2.76. The van der Waals surface area contributed by atoms with Crippen molar-refractivity contribution in [2.45, 2.75) is 6.92 Å². The summed E-state index contributed by atoms with van der Waals surface area (Å²) < 4.78 is 0. The number of oxime groups is 1. The van der Waals surface area contributed by atoms with E-state index in [1.165, 1.54) is 0 Å². The Bertz CT molecular complexity index is 499. The molecule has 0 aliphatic rings. The first kappa shape index (κ1) is 8.62. The second kappa shape index (κ2) is 3.06. The molecular formula is C10H11N3O. The number of nitrogens with zero attached hydrogens (tertiary/aromatic N) is 1. The van der Waals surface area contributed by atoms with E-state index >= 15 is 0 Å². The molecule has 14 heavy (non-hydrogen) atoms. The van der Waals surface area contributed by atoms with Gasteiger partial charge in [0, 0.05) is 22.7 Å². The van der Waals surface area contributed by atoms with Gasteiger partial charge in [0.05, 0.1) is 0 Å². The molecule has 0 aliphatic carbocycles. The summed E-state index contributed by atoms with van der Waals surface area (Å²) in [6, 6.07) is 5.89. The molecular weight excluding hydrogens is 178 g/mol. The van der Waals surface area contributed by atoms with Crippen LogP contribution in [0.5, 0.6) is 0 Å². The van der Waals surface area contributed by atoms with E-state index in [1.54, 1.807) is 6.20 Å². The van der Waals surface area contributed by atoms with Crippen LogP contribution in [0, 0.1) is 6.92 Å². The van der Waals surface area contributed by atoms with Gasteiger partial charge in [-0.25, -0.2) is 0 Å². The molecule has 0 saturated heterocycles. The number of aromatic nitrogens is 1. The van der Waals surface area contributed by atoms with E-state index in [-0.39, 0.29) is 5.84 Å². The topological polar surface area (TPSA) is 74.4 Å². The van der Waals surface area contributed by atoms with Crippen molar-refractivity contribution >= 4 is 16.7 Å². The van der Waals surface area contributed by atoms with Crippen molar-refractivity contribution in [3.8, 4) is 0 Å². The van der Waals surface area contributed by atoms with E-state index in [9.17, 15) is 0 Å². The minimum absolute atomic E-state index is 0.127. The van der Waals surface area contributed by atoms with E-state index in [2.05, 4.69) is 10.1 Å². The van der Waals surface area contributed by atoms with E-state index in [0.29, 0.717) is 0 Å². The van der Waals surface area contributed by atoms with E-state index in [0.717, 1.165) is 22.0 Å². The molecule has 0 radical (unpaired) electrons. The highest BCUT2D eigenvalue weighted by atomic mass is 16.4. The van der Waals surface area contributed by atoms with Crippen LogP contribution in [0.4, 0.5) is 0 Å².